The van der Waals surface area contributed by atoms with Crippen LogP contribution in [-0.2, 0) is 0 Å². The molecule has 0 radical (unpaired) electrons. The molecule has 1 aromatic heterocycles. The second kappa shape index (κ2) is 5.92. The summed E-state index contributed by atoms with van der Waals surface area (Å²) < 4.78 is 0. The molecule has 0 saturated heterocycles. The quantitative estimate of drug-likeness (QED) is 0.814. The monoisotopic (exact) mass is 246 g/mol. The molecule has 90 valence electrons. The van der Waals surface area contributed by atoms with E-state index in [1.807, 2.05) is 18.0 Å². The van der Waals surface area contributed by atoms with Crippen LogP contribution in [0.3, 0.4) is 0 Å². The van der Waals surface area contributed by atoms with Crippen LogP contribution in [-0.4, -0.2) is 23.5 Å². The van der Waals surface area contributed by atoms with Gasteiger partial charge >= 0.3 is 0 Å². The molecule has 2 rings (SSSR count). The number of pyridine rings is 1. The molecule has 2 nitrogen and oxygen atoms in total. The first-order valence-electron chi connectivity index (χ1n) is 5.90. The maximum atomic E-state index is 4.44. The van der Waals surface area contributed by atoms with E-state index in [0.29, 0.717) is 0 Å². The third-order valence-electron chi connectivity index (χ3n) is 2.81. The lowest BCUT2D eigenvalue weighted by atomic mass is 10.1. The van der Waals surface area contributed by atoms with E-state index in [-0.39, 0.29) is 0 Å². The second-order valence-electron chi connectivity index (χ2n) is 4.10. The molecule has 1 heterocycles. The zero-order valence-corrected chi connectivity index (χ0v) is 11.2. The Morgan fingerprint density at radius 3 is 3.00 bits per heavy atom. The van der Waals surface area contributed by atoms with Crippen LogP contribution in [0, 0.1) is 6.92 Å². The summed E-state index contributed by atoms with van der Waals surface area (Å²) in [6, 6.07) is 8.38. The van der Waals surface area contributed by atoms with Gasteiger partial charge in [-0.15, -0.1) is 0 Å². The number of nitrogens with zero attached hydrogens (tertiary/aromatic N) is 1. The number of anilines is 1. The first-order chi connectivity index (χ1) is 8.33. The number of hydrogen-bond donors (Lipinski definition) is 1. The lowest BCUT2D eigenvalue weighted by molar-refractivity contribution is 0.994. The highest BCUT2D eigenvalue weighted by Crippen LogP contribution is 2.23. The Bertz CT molecular complexity index is 497. The van der Waals surface area contributed by atoms with Gasteiger partial charge in [-0.05, 0) is 37.0 Å². The Balaban J connectivity index is 2.19. The lowest BCUT2D eigenvalue weighted by Crippen LogP contribution is -2.03. The molecule has 1 aromatic carbocycles. The van der Waals surface area contributed by atoms with Gasteiger partial charge in [0.05, 0.1) is 5.52 Å². The largest absolute Gasteiger partial charge is 0.384 e. The summed E-state index contributed by atoms with van der Waals surface area (Å²) in [6.45, 7) is 3.13. The summed E-state index contributed by atoms with van der Waals surface area (Å²) in [5.41, 5.74) is 3.53. The van der Waals surface area contributed by atoms with Gasteiger partial charge < -0.3 is 5.32 Å². The van der Waals surface area contributed by atoms with Crippen LogP contribution in [0.4, 0.5) is 5.69 Å². The summed E-state index contributed by atoms with van der Waals surface area (Å²) in [6.07, 6.45) is 5.22. The minimum Gasteiger partial charge on any atom is -0.384 e. The maximum absolute atomic E-state index is 4.44. The Morgan fingerprint density at radius 1 is 1.29 bits per heavy atom. The van der Waals surface area contributed by atoms with Crippen LogP contribution >= 0.6 is 11.8 Å². The van der Waals surface area contributed by atoms with Crippen LogP contribution in [0.1, 0.15) is 12.0 Å². The van der Waals surface area contributed by atoms with Crippen molar-refractivity contribution in [2.24, 2.45) is 0 Å². The smallest absolute Gasteiger partial charge is 0.0751 e. The number of benzene rings is 1. The van der Waals surface area contributed by atoms with Crippen LogP contribution < -0.4 is 5.32 Å². The molecule has 0 amide bonds. The van der Waals surface area contributed by atoms with E-state index in [9.17, 15) is 0 Å². The fraction of sp³-hybridized carbons (Fsp3) is 0.357. The van der Waals surface area contributed by atoms with E-state index in [1.54, 1.807) is 0 Å². The van der Waals surface area contributed by atoms with E-state index < -0.39 is 0 Å². The van der Waals surface area contributed by atoms with Gasteiger partial charge in [0, 0.05) is 23.8 Å². The number of aromatic nitrogens is 1. The van der Waals surface area contributed by atoms with Gasteiger partial charge in [-0.25, -0.2) is 0 Å². The number of fused-ring (bicyclic) bond motifs is 1. The number of hydrogen-bond acceptors (Lipinski definition) is 3. The Hall–Kier alpha value is -1.22. The summed E-state index contributed by atoms with van der Waals surface area (Å²) in [5.74, 6) is 1.20. The number of nitrogens with one attached hydrogen (secondary N) is 1. The van der Waals surface area contributed by atoms with Crippen LogP contribution in [0.25, 0.3) is 10.9 Å². The molecule has 17 heavy (non-hydrogen) atoms. The van der Waals surface area contributed by atoms with E-state index in [0.717, 1.165) is 12.1 Å². The van der Waals surface area contributed by atoms with Crippen molar-refractivity contribution in [3.63, 3.8) is 0 Å². The second-order valence-corrected chi connectivity index (χ2v) is 5.09. The summed E-state index contributed by atoms with van der Waals surface area (Å²) in [5, 5.41) is 4.72. The van der Waals surface area contributed by atoms with Gasteiger partial charge in [0.2, 0.25) is 0 Å². The fourth-order valence-electron chi connectivity index (χ4n) is 1.92. The molecular formula is C14H18N2S. The zero-order chi connectivity index (χ0) is 12.1. The van der Waals surface area contributed by atoms with Gasteiger partial charge in [0.15, 0.2) is 0 Å². The van der Waals surface area contributed by atoms with Gasteiger partial charge in [-0.3, -0.25) is 4.98 Å². The van der Waals surface area contributed by atoms with Gasteiger partial charge in [0.1, 0.15) is 0 Å². The van der Waals surface area contributed by atoms with Crippen molar-refractivity contribution in [1.29, 1.82) is 0 Å². The van der Waals surface area contributed by atoms with Crippen LogP contribution in [0.2, 0.25) is 0 Å². The van der Waals surface area contributed by atoms with Crippen molar-refractivity contribution in [2.45, 2.75) is 13.3 Å². The standard InChI is InChI=1S/C14H18N2S/c1-11-5-3-6-12-13(7-9-16-14(11)12)15-8-4-10-17-2/h3,5-7,9H,4,8,10H2,1-2H3,(H,15,16). The zero-order valence-electron chi connectivity index (χ0n) is 10.4. The minimum absolute atomic E-state index is 1.02. The third kappa shape index (κ3) is 2.91. The molecule has 0 fully saturated rings. The van der Waals surface area contributed by atoms with Crippen molar-refractivity contribution in [1.82, 2.24) is 4.98 Å². The van der Waals surface area contributed by atoms with Crippen LogP contribution in [0.5, 0.6) is 0 Å². The molecular weight excluding hydrogens is 228 g/mol. The SMILES string of the molecule is CSCCCNc1ccnc2c(C)cccc12. The van der Waals surface area contributed by atoms with Crippen molar-refractivity contribution >= 4 is 28.4 Å². The fourth-order valence-corrected chi connectivity index (χ4v) is 2.35. The Labute approximate surface area is 107 Å². The van der Waals surface area contributed by atoms with Crippen LogP contribution in [0.15, 0.2) is 30.5 Å². The average Bonchev–Trinajstić information content (AvgIpc) is 2.36. The van der Waals surface area contributed by atoms with Crippen molar-refractivity contribution in [3.05, 3.63) is 36.0 Å². The molecule has 0 spiro atoms. The maximum Gasteiger partial charge on any atom is 0.0751 e. The topological polar surface area (TPSA) is 24.9 Å². The molecule has 0 bridgehead atoms. The predicted octanol–water partition coefficient (Wildman–Crippen LogP) is 3.71. The molecule has 0 saturated carbocycles. The third-order valence-corrected chi connectivity index (χ3v) is 3.51. The summed E-state index contributed by atoms with van der Waals surface area (Å²) in [7, 11) is 0. The molecule has 0 aliphatic rings. The summed E-state index contributed by atoms with van der Waals surface area (Å²) >= 11 is 1.89. The molecule has 0 aliphatic carbocycles. The minimum atomic E-state index is 1.02. The van der Waals surface area contributed by atoms with Crippen molar-refractivity contribution in [3.8, 4) is 0 Å². The Kier molecular flexibility index (Phi) is 4.26. The van der Waals surface area contributed by atoms with E-state index in [1.165, 1.54) is 28.8 Å². The highest BCUT2D eigenvalue weighted by molar-refractivity contribution is 7.98. The normalized spacial score (nSPS) is 10.7. The number of aryl methyl sites for hydroxylation is 1. The van der Waals surface area contributed by atoms with Gasteiger partial charge in [-0.1, -0.05) is 18.2 Å². The molecule has 0 unspecified atom stereocenters. The van der Waals surface area contributed by atoms with Gasteiger partial charge in [-0.2, -0.15) is 11.8 Å². The number of thioether (sulfide) groups is 1. The lowest BCUT2D eigenvalue weighted by Gasteiger charge is -2.10. The highest BCUT2D eigenvalue weighted by atomic mass is 32.2. The van der Waals surface area contributed by atoms with E-state index in [2.05, 4.69) is 47.7 Å². The molecule has 2 aromatic rings. The number of para-hydroxylation sites is 1. The van der Waals surface area contributed by atoms with Crippen molar-refractivity contribution < 1.29 is 0 Å². The predicted molar refractivity (Wildman–Crippen MR) is 78.0 cm³/mol. The first kappa shape index (κ1) is 12.2. The molecule has 0 atom stereocenters. The van der Waals surface area contributed by atoms with Gasteiger partial charge in [0.25, 0.3) is 0 Å². The van der Waals surface area contributed by atoms with E-state index in [4.69, 9.17) is 0 Å². The molecule has 1 N–H and O–H groups in total. The molecule has 0 aliphatic heterocycles. The molecule has 3 heteroatoms. The average molecular weight is 246 g/mol. The summed E-state index contributed by atoms with van der Waals surface area (Å²) in [4.78, 5) is 4.44. The Morgan fingerprint density at radius 2 is 2.18 bits per heavy atom. The number of rotatable bonds is 5. The highest BCUT2D eigenvalue weighted by Gasteiger charge is 2.02. The van der Waals surface area contributed by atoms with E-state index >= 15 is 0 Å². The first-order valence-corrected chi connectivity index (χ1v) is 7.29. The van der Waals surface area contributed by atoms with Crippen molar-refractivity contribution in [2.75, 3.05) is 23.9 Å².